The number of aromatic nitrogens is 2. The fraction of sp³-hybridized carbons (Fsp3) is 0.375. The Bertz CT molecular complexity index is 696. The predicted molar refractivity (Wildman–Crippen MR) is 89.1 cm³/mol. The third-order valence-electron chi connectivity index (χ3n) is 3.46. The maximum atomic E-state index is 5.93. The zero-order valence-electron chi connectivity index (χ0n) is 13.2. The summed E-state index contributed by atoms with van der Waals surface area (Å²) in [6, 6.07) is 5.66. The van der Waals surface area contributed by atoms with Crippen LogP contribution in [0.15, 0.2) is 35.6 Å². The normalized spacial score (nSPS) is 14.4. The van der Waals surface area contributed by atoms with Crippen molar-refractivity contribution >= 4 is 11.6 Å². The molecule has 1 aliphatic heterocycles. The van der Waals surface area contributed by atoms with E-state index in [4.69, 9.17) is 15.2 Å². The highest BCUT2D eigenvalue weighted by Crippen LogP contribution is 2.32. The molecule has 1 aliphatic rings. The van der Waals surface area contributed by atoms with E-state index in [-0.39, 0.29) is 0 Å². The Morgan fingerprint density at radius 2 is 2.17 bits per heavy atom. The zero-order chi connectivity index (χ0) is 16.1. The number of rotatable bonds is 4. The Morgan fingerprint density at radius 1 is 1.35 bits per heavy atom. The van der Waals surface area contributed by atoms with Gasteiger partial charge < -0.3 is 20.5 Å². The molecule has 3 rings (SSSR count). The molecule has 23 heavy (non-hydrogen) atoms. The largest absolute Gasteiger partial charge is 0.490 e. The van der Waals surface area contributed by atoms with Gasteiger partial charge in [0.2, 0.25) is 0 Å². The van der Waals surface area contributed by atoms with E-state index in [1.54, 1.807) is 4.68 Å². The number of aliphatic imine (C=N–C) groups is 1. The average molecular weight is 315 g/mol. The summed E-state index contributed by atoms with van der Waals surface area (Å²) < 4.78 is 13.0. The Balaban J connectivity index is 1.57. The molecule has 2 heterocycles. The lowest BCUT2D eigenvalue weighted by Gasteiger charge is -2.10. The van der Waals surface area contributed by atoms with Gasteiger partial charge in [0, 0.05) is 38.0 Å². The van der Waals surface area contributed by atoms with Crippen molar-refractivity contribution in [1.82, 2.24) is 9.78 Å². The first-order valence-electron chi connectivity index (χ1n) is 7.65. The van der Waals surface area contributed by atoms with Crippen LogP contribution in [0.2, 0.25) is 0 Å². The summed E-state index contributed by atoms with van der Waals surface area (Å²) in [7, 11) is 1.90. The molecule has 7 heteroatoms. The van der Waals surface area contributed by atoms with Crippen LogP contribution in [0.4, 0.5) is 5.69 Å². The third-order valence-corrected chi connectivity index (χ3v) is 3.46. The van der Waals surface area contributed by atoms with E-state index in [0.29, 0.717) is 25.7 Å². The molecule has 122 valence electrons. The van der Waals surface area contributed by atoms with Crippen LogP contribution in [0.3, 0.4) is 0 Å². The number of anilines is 1. The number of nitrogens with one attached hydrogen (secondary N) is 1. The van der Waals surface area contributed by atoms with Crippen molar-refractivity contribution in [3.05, 3.63) is 36.2 Å². The van der Waals surface area contributed by atoms with E-state index in [1.807, 2.05) is 37.6 Å². The van der Waals surface area contributed by atoms with Crippen molar-refractivity contribution in [2.75, 3.05) is 25.1 Å². The molecule has 0 bridgehead atoms. The number of hydrogen-bond acceptors (Lipinski definition) is 4. The van der Waals surface area contributed by atoms with Crippen molar-refractivity contribution in [2.24, 2.45) is 17.8 Å². The molecule has 0 fully saturated rings. The predicted octanol–water partition coefficient (Wildman–Crippen LogP) is 1.55. The van der Waals surface area contributed by atoms with Crippen molar-refractivity contribution in [1.29, 1.82) is 0 Å². The van der Waals surface area contributed by atoms with E-state index in [9.17, 15) is 0 Å². The minimum absolute atomic E-state index is 0.378. The minimum atomic E-state index is 0.378. The number of nitrogens with two attached hydrogens (primary N) is 1. The van der Waals surface area contributed by atoms with Gasteiger partial charge in [0.15, 0.2) is 17.5 Å². The summed E-state index contributed by atoms with van der Waals surface area (Å²) in [5, 5.41) is 7.20. The van der Waals surface area contributed by atoms with Gasteiger partial charge in [-0.1, -0.05) is 0 Å². The van der Waals surface area contributed by atoms with Gasteiger partial charge in [-0.25, -0.2) is 0 Å². The van der Waals surface area contributed by atoms with Crippen LogP contribution in [-0.4, -0.2) is 35.5 Å². The second kappa shape index (κ2) is 7.04. The fourth-order valence-electron chi connectivity index (χ4n) is 2.33. The lowest BCUT2D eigenvalue weighted by atomic mass is 10.2. The van der Waals surface area contributed by atoms with Gasteiger partial charge >= 0.3 is 0 Å². The highest BCUT2D eigenvalue weighted by molar-refractivity contribution is 5.92. The standard InChI is InChI=1S/C16H21N5O2/c1-21-11-12(10-19-21)5-6-18-16(17)20-13-3-4-14-15(9-13)23-8-2-7-22-14/h3-4,9-11H,2,5-8H2,1H3,(H3,17,18,20). The van der Waals surface area contributed by atoms with Gasteiger partial charge in [-0.15, -0.1) is 0 Å². The van der Waals surface area contributed by atoms with Gasteiger partial charge in [0.25, 0.3) is 0 Å². The van der Waals surface area contributed by atoms with Crippen LogP contribution >= 0.6 is 0 Å². The Labute approximate surface area is 135 Å². The number of hydrogen-bond donors (Lipinski definition) is 2. The summed E-state index contributed by atoms with van der Waals surface area (Å²) in [4.78, 5) is 4.33. The molecule has 1 aromatic heterocycles. The summed E-state index contributed by atoms with van der Waals surface area (Å²) in [5.74, 6) is 1.87. The molecule has 0 spiro atoms. The molecule has 0 aliphatic carbocycles. The summed E-state index contributed by atoms with van der Waals surface area (Å²) in [5.41, 5.74) is 7.90. The number of fused-ring (bicyclic) bond motifs is 1. The number of benzene rings is 1. The number of ether oxygens (including phenoxy) is 2. The van der Waals surface area contributed by atoms with Gasteiger partial charge in [-0.05, 0) is 24.1 Å². The highest BCUT2D eigenvalue weighted by atomic mass is 16.5. The first-order valence-corrected chi connectivity index (χ1v) is 7.65. The van der Waals surface area contributed by atoms with E-state index in [1.165, 1.54) is 0 Å². The number of guanidine groups is 1. The SMILES string of the molecule is Cn1cc(CCN=C(N)Nc2ccc3c(c2)OCCCO3)cn1. The lowest BCUT2D eigenvalue weighted by Crippen LogP contribution is -2.23. The van der Waals surface area contributed by atoms with Crippen molar-refractivity contribution in [3.63, 3.8) is 0 Å². The average Bonchev–Trinajstić information content (AvgIpc) is 2.81. The van der Waals surface area contributed by atoms with Gasteiger partial charge in [-0.3, -0.25) is 9.67 Å². The maximum Gasteiger partial charge on any atom is 0.193 e. The molecule has 3 N–H and O–H groups in total. The van der Waals surface area contributed by atoms with Crippen LogP contribution in [0.1, 0.15) is 12.0 Å². The van der Waals surface area contributed by atoms with Crippen molar-refractivity contribution < 1.29 is 9.47 Å². The summed E-state index contributed by atoms with van der Waals surface area (Å²) in [6.07, 6.45) is 5.50. The van der Waals surface area contributed by atoms with Gasteiger partial charge in [0.1, 0.15) is 0 Å². The minimum Gasteiger partial charge on any atom is -0.490 e. The van der Waals surface area contributed by atoms with Gasteiger partial charge in [-0.2, -0.15) is 5.10 Å². The summed E-state index contributed by atoms with van der Waals surface area (Å²) >= 11 is 0. The van der Waals surface area contributed by atoms with E-state index < -0.39 is 0 Å². The zero-order valence-corrected chi connectivity index (χ0v) is 13.2. The third kappa shape index (κ3) is 4.15. The second-order valence-electron chi connectivity index (χ2n) is 5.38. The smallest absolute Gasteiger partial charge is 0.193 e. The van der Waals surface area contributed by atoms with Crippen LogP contribution in [0, 0.1) is 0 Å². The monoisotopic (exact) mass is 315 g/mol. The van der Waals surface area contributed by atoms with Crippen molar-refractivity contribution in [3.8, 4) is 11.5 Å². The molecule has 0 saturated carbocycles. The molecule has 1 aromatic carbocycles. The Morgan fingerprint density at radius 3 is 2.96 bits per heavy atom. The van der Waals surface area contributed by atoms with Crippen LogP contribution in [0.25, 0.3) is 0 Å². The van der Waals surface area contributed by atoms with E-state index in [2.05, 4.69) is 15.4 Å². The second-order valence-corrected chi connectivity index (χ2v) is 5.38. The topological polar surface area (TPSA) is 86.7 Å². The molecule has 0 unspecified atom stereocenters. The fourth-order valence-corrected chi connectivity index (χ4v) is 2.33. The molecule has 0 radical (unpaired) electrons. The number of aryl methyl sites for hydroxylation is 1. The first-order chi connectivity index (χ1) is 11.2. The summed E-state index contributed by atoms with van der Waals surface area (Å²) in [6.45, 7) is 1.94. The van der Waals surface area contributed by atoms with Crippen LogP contribution in [0.5, 0.6) is 11.5 Å². The maximum absolute atomic E-state index is 5.93. The van der Waals surface area contributed by atoms with Gasteiger partial charge in [0.05, 0.1) is 19.4 Å². The van der Waals surface area contributed by atoms with E-state index >= 15 is 0 Å². The Hall–Kier alpha value is -2.70. The number of nitrogens with zero attached hydrogens (tertiary/aromatic N) is 3. The van der Waals surface area contributed by atoms with Crippen molar-refractivity contribution in [2.45, 2.75) is 12.8 Å². The molecule has 0 atom stereocenters. The Kier molecular flexibility index (Phi) is 4.65. The van der Waals surface area contributed by atoms with Crippen LogP contribution in [-0.2, 0) is 13.5 Å². The van der Waals surface area contributed by atoms with Crippen LogP contribution < -0.4 is 20.5 Å². The molecular weight excluding hydrogens is 294 g/mol. The quantitative estimate of drug-likeness (QED) is 0.660. The highest BCUT2D eigenvalue weighted by Gasteiger charge is 2.10. The molecular formula is C16H21N5O2. The molecule has 2 aromatic rings. The first kappa shape index (κ1) is 15.2. The molecule has 0 saturated heterocycles. The lowest BCUT2D eigenvalue weighted by molar-refractivity contribution is 0.297. The molecule has 0 amide bonds. The van der Waals surface area contributed by atoms with E-state index in [0.717, 1.165) is 35.6 Å². The molecule has 7 nitrogen and oxygen atoms in total.